The molecule has 64 valence electrons. The molecule has 0 fully saturated rings. The minimum atomic E-state index is -0.291. The van der Waals surface area contributed by atoms with E-state index in [1.54, 1.807) is 26.0 Å². The van der Waals surface area contributed by atoms with Crippen LogP contribution < -0.4 is 0 Å². The fourth-order valence-corrected chi connectivity index (χ4v) is 0.896. The summed E-state index contributed by atoms with van der Waals surface area (Å²) in [5, 5.41) is 9.45. The topological polar surface area (TPSA) is 20.2 Å². The second kappa shape index (κ2) is 3.39. The molecule has 0 unspecified atom stereocenters. The summed E-state index contributed by atoms with van der Waals surface area (Å²) in [4.78, 5) is 0. The molecule has 0 bridgehead atoms. The van der Waals surface area contributed by atoms with Crippen molar-refractivity contribution in [2.45, 2.75) is 13.8 Å². The Morgan fingerprint density at radius 3 is 2.08 bits per heavy atom. The lowest BCUT2D eigenvalue weighted by atomic mass is 10.1. The summed E-state index contributed by atoms with van der Waals surface area (Å²) in [5.41, 5.74) is 1.47. The highest BCUT2D eigenvalue weighted by atomic mass is 19.1. The third-order valence-corrected chi connectivity index (χ3v) is 1.59. The van der Waals surface area contributed by atoms with E-state index >= 15 is 0 Å². The largest absolute Gasteiger partial charge is 0.507 e. The third-order valence-electron chi connectivity index (χ3n) is 1.59. The van der Waals surface area contributed by atoms with Gasteiger partial charge in [0, 0.05) is 5.56 Å². The molecule has 0 spiro atoms. The predicted molar refractivity (Wildman–Crippen MR) is 47.3 cm³/mol. The number of allylic oxidation sites excluding steroid dienone is 1. The van der Waals surface area contributed by atoms with E-state index in [1.807, 2.05) is 0 Å². The number of aliphatic hydroxyl groups is 1. The van der Waals surface area contributed by atoms with Crippen LogP contribution in [0.15, 0.2) is 29.8 Å². The first-order valence-electron chi connectivity index (χ1n) is 3.73. The van der Waals surface area contributed by atoms with Gasteiger partial charge in [0.15, 0.2) is 0 Å². The van der Waals surface area contributed by atoms with Gasteiger partial charge in [-0.2, -0.15) is 0 Å². The lowest BCUT2D eigenvalue weighted by molar-refractivity contribution is 0.506. The van der Waals surface area contributed by atoms with Crippen LogP contribution in [0.3, 0.4) is 0 Å². The Morgan fingerprint density at radius 2 is 1.67 bits per heavy atom. The van der Waals surface area contributed by atoms with Gasteiger partial charge >= 0.3 is 0 Å². The van der Waals surface area contributed by atoms with Gasteiger partial charge in [-0.05, 0) is 43.7 Å². The Morgan fingerprint density at radius 1 is 1.17 bits per heavy atom. The highest BCUT2D eigenvalue weighted by Crippen LogP contribution is 2.15. The van der Waals surface area contributed by atoms with Crippen molar-refractivity contribution >= 4 is 5.76 Å². The lowest BCUT2D eigenvalue weighted by Crippen LogP contribution is -1.85. The van der Waals surface area contributed by atoms with Crippen molar-refractivity contribution in [3.05, 3.63) is 41.2 Å². The Hall–Kier alpha value is -1.31. The molecule has 12 heavy (non-hydrogen) atoms. The van der Waals surface area contributed by atoms with Crippen LogP contribution in [0, 0.1) is 5.82 Å². The van der Waals surface area contributed by atoms with Crippen molar-refractivity contribution in [2.24, 2.45) is 0 Å². The van der Waals surface area contributed by atoms with E-state index in [9.17, 15) is 9.50 Å². The van der Waals surface area contributed by atoms with Gasteiger partial charge in [0.05, 0.1) is 0 Å². The fourth-order valence-electron chi connectivity index (χ4n) is 0.896. The van der Waals surface area contributed by atoms with Gasteiger partial charge in [0.25, 0.3) is 0 Å². The van der Waals surface area contributed by atoms with Crippen molar-refractivity contribution in [1.29, 1.82) is 0 Å². The van der Waals surface area contributed by atoms with Crippen molar-refractivity contribution < 1.29 is 9.50 Å². The molecule has 0 saturated carbocycles. The van der Waals surface area contributed by atoms with Gasteiger partial charge in [-0.15, -0.1) is 0 Å². The van der Waals surface area contributed by atoms with Crippen LogP contribution in [0.4, 0.5) is 4.39 Å². The van der Waals surface area contributed by atoms with E-state index in [4.69, 9.17) is 0 Å². The van der Waals surface area contributed by atoms with Gasteiger partial charge in [0.1, 0.15) is 11.6 Å². The Labute approximate surface area is 71.2 Å². The van der Waals surface area contributed by atoms with Crippen molar-refractivity contribution in [1.82, 2.24) is 0 Å². The molecule has 0 amide bonds. The van der Waals surface area contributed by atoms with Gasteiger partial charge in [-0.25, -0.2) is 4.39 Å². The van der Waals surface area contributed by atoms with Crippen molar-refractivity contribution in [3.8, 4) is 0 Å². The zero-order valence-electron chi connectivity index (χ0n) is 7.13. The normalized spacial score (nSPS) is 9.58. The predicted octanol–water partition coefficient (Wildman–Crippen LogP) is 3.13. The van der Waals surface area contributed by atoms with E-state index in [0.717, 1.165) is 5.57 Å². The van der Waals surface area contributed by atoms with Gasteiger partial charge in [-0.1, -0.05) is 0 Å². The Kier molecular flexibility index (Phi) is 2.48. The molecular weight excluding hydrogens is 155 g/mol. The molecule has 0 aromatic heterocycles. The maximum atomic E-state index is 12.5. The second-order valence-corrected chi connectivity index (χ2v) is 2.86. The molecule has 0 aliphatic carbocycles. The zero-order valence-corrected chi connectivity index (χ0v) is 7.13. The molecule has 2 heteroatoms. The lowest BCUT2D eigenvalue weighted by Gasteiger charge is -2.01. The molecule has 0 heterocycles. The molecule has 1 aromatic carbocycles. The minimum absolute atomic E-state index is 0.218. The highest BCUT2D eigenvalue weighted by Gasteiger charge is 1.99. The summed E-state index contributed by atoms with van der Waals surface area (Å²) >= 11 is 0. The van der Waals surface area contributed by atoms with E-state index in [2.05, 4.69) is 0 Å². The molecule has 0 saturated heterocycles. The summed E-state index contributed by atoms with van der Waals surface area (Å²) in [6.45, 7) is 3.61. The smallest absolute Gasteiger partial charge is 0.123 e. The first-order valence-corrected chi connectivity index (χ1v) is 3.73. The van der Waals surface area contributed by atoms with Crippen molar-refractivity contribution in [2.75, 3.05) is 0 Å². The maximum Gasteiger partial charge on any atom is 0.123 e. The molecule has 1 N–H and O–H groups in total. The second-order valence-electron chi connectivity index (χ2n) is 2.86. The van der Waals surface area contributed by atoms with Crippen LogP contribution in [0.5, 0.6) is 0 Å². The number of aliphatic hydroxyl groups excluding tert-OH is 1. The van der Waals surface area contributed by atoms with Gasteiger partial charge in [0.2, 0.25) is 0 Å². The first-order chi connectivity index (χ1) is 5.61. The van der Waals surface area contributed by atoms with Crippen LogP contribution >= 0.6 is 0 Å². The molecule has 1 aromatic rings. The number of hydrogen-bond donors (Lipinski definition) is 1. The van der Waals surface area contributed by atoms with Gasteiger partial charge < -0.3 is 5.11 Å². The number of halogens is 1. The SMILES string of the molecule is CC(C)=C(O)c1ccc(F)cc1. The van der Waals surface area contributed by atoms with Gasteiger partial charge in [-0.3, -0.25) is 0 Å². The molecular formula is C10H11FO. The third kappa shape index (κ3) is 1.84. The van der Waals surface area contributed by atoms with E-state index in [0.29, 0.717) is 5.56 Å². The molecule has 1 nitrogen and oxygen atoms in total. The monoisotopic (exact) mass is 166 g/mol. The standard InChI is InChI=1S/C10H11FO/c1-7(2)10(12)8-3-5-9(11)6-4-8/h3-6,12H,1-2H3. The average molecular weight is 166 g/mol. The fraction of sp³-hybridized carbons (Fsp3) is 0.200. The molecule has 0 atom stereocenters. The summed E-state index contributed by atoms with van der Waals surface area (Å²) in [7, 11) is 0. The van der Waals surface area contributed by atoms with Crippen molar-refractivity contribution in [3.63, 3.8) is 0 Å². The maximum absolute atomic E-state index is 12.5. The first kappa shape index (κ1) is 8.78. The van der Waals surface area contributed by atoms with E-state index < -0.39 is 0 Å². The Bertz CT molecular complexity index is 294. The number of benzene rings is 1. The van der Waals surface area contributed by atoms with Crippen LogP contribution in [0.25, 0.3) is 5.76 Å². The minimum Gasteiger partial charge on any atom is -0.507 e. The molecule has 0 aliphatic rings. The summed E-state index contributed by atoms with van der Waals surface area (Å²) < 4.78 is 12.5. The van der Waals surface area contributed by atoms with E-state index in [-0.39, 0.29) is 11.6 Å². The zero-order chi connectivity index (χ0) is 9.14. The molecule has 0 aliphatic heterocycles. The average Bonchev–Trinajstić information content (AvgIpc) is 2.04. The van der Waals surface area contributed by atoms with E-state index in [1.165, 1.54) is 12.1 Å². The summed E-state index contributed by atoms with van der Waals surface area (Å²) in [5.74, 6) is -0.0738. The number of hydrogen-bond acceptors (Lipinski definition) is 1. The molecule has 0 radical (unpaired) electrons. The van der Waals surface area contributed by atoms with Crippen LogP contribution in [-0.4, -0.2) is 5.11 Å². The summed E-state index contributed by atoms with van der Waals surface area (Å²) in [6.07, 6.45) is 0. The van der Waals surface area contributed by atoms with Crippen LogP contribution in [-0.2, 0) is 0 Å². The Balaban J connectivity index is 3.06. The summed E-state index contributed by atoms with van der Waals surface area (Å²) in [6, 6.07) is 5.76. The number of rotatable bonds is 1. The van der Waals surface area contributed by atoms with Crippen LogP contribution in [0.2, 0.25) is 0 Å². The molecule has 1 rings (SSSR count). The highest BCUT2D eigenvalue weighted by molar-refractivity contribution is 5.60. The van der Waals surface area contributed by atoms with Crippen LogP contribution in [0.1, 0.15) is 19.4 Å². The quantitative estimate of drug-likeness (QED) is 0.635.